The summed E-state index contributed by atoms with van der Waals surface area (Å²) in [5, 5.41) is 4.04. The summed E-state index contributed by atoms with van der Waals surface area (Å²) in [6, 6.07) is 7.82. The van der Waals surface area contributed by atoms with Crippen LogP contribution in [0.15, 0.2) is 30.3 Å². The molecule has 0 aliphatic heterocycles. The molecule has 2 rings (SSSR count). The molecule has 0 aliphatic carbocycles. The summed E-state index contributed by atoms with van der Waals surface area (Å²) in [5.41, 5.74) is 1.41. The van der Waals surface area contributed by atoms with Crippen molar-refractivity contribution in [3.63, 3.8) is 0 Å². The number of methoxy groups -OCH3 is 1. The maximum atomic E-state index is 13.1. The highest BCUT2D eigenvalue weighted by Gasteiger charge is 2.09. The molecule has 0 amide bonds. The van der Waals surface area contributed by atoms with Crippen molar-refractivity contribution in [3.8, 4) is 5.75 Å². The Balaban J connectivity index is 2.15. The molecular formula is C14H11Cl3FNO. The van der Waals surface area contributed by atoms with Crippen LogP contribution >= 0.6 is 34.8 Å². The number of halogens is 4. The second-order valence-electron chi connectivity index (χ2n) is 4.07. The lowest BCUT2D eigenvalue weighted by Gasteiger charge is -2.11. The third-order valence-electron chi connectivity index (χ3n) is 2.69. The van der Waals surface area contributed by atoms with Gasteiger partial charge < -0.3 is 10.1 Å². The van der Waals surface area contributed by atoms with E-state index in [2.05, 4.69) is 5.32 Å². The van der Waals surface area contributed by atoms with Crippen LogP contribution in [0.4, 0.5) is 10.1 Å². The topological polar surface area (TPSA) is 21.3 Å². The molecular weight excluding hydrogens is 324 g/mol. The largest absolute Gasteiger partial charge is 0.495 e. The zero-order valence-electron chi connectivity index (χ0n) is 10.5. The number of rotatable bonds is 4. The van der Waals surface area contributed by atoms with Gasteiger partial charge in [-0.25, -0.2) is 4.39 Å². The van der Waals surface area contributed by atoms with Crippen molar-refractivity contribution in [1.29, 1.82) is 0 Å². The molecule has 0 heterocycles. The molecule has 0 atom stereocenters. The summed E-state index contributed by atoms with van der Waals surface area (Å²) in [6.45, 7) is 0.453. The minimum atomic E-state index is -0.474. The van der Waals surface area contributed by atoms with E-state index in [0.717, 1.165) is 5.56 Å². The molecule has 0 saturated heterocycles. The van der Waals surface area contributed by atoms with Crippen molar-refractivity contribution < 1.29 is 9.13 Å². The van der Waals surface area contributed by atoms with Gasteiger partial charge in [-0.15, -0.1) is 0 Å². The van der Waals surface area contributed by atoms with Gasteiger partial charge in [0.2, 0.25) is 0 Å². The van der Waals surface area contributed by atoms with E-state index in [1.165, 1.54) is 12.1 Å². The van der Waals surface area contributed by atoms with Crippen molar-refractivity contribution in [2.75, 3.05) is 12.4 Å². The molecule has 2 aromatic carbocycles. The van der Waals surface area contributed by atoms with Gasteiger partial charge in [0.05, 0.1) is 27.9 Å². The monoisotopic (exact) mass is 333 g/mol. The molecule has 0 spiro atoms. The van der Waals surface area contributed by atoms with Gasteiger partial charge in [-0.1, -0.05) is 40.9 Å². The number of hydrogen-bond donors (Lipinski definition) is 1. The third kappa shape index (κ3) is 3.48. The third-order valence-corrected chi connectivity index (χ3v) is 3.58. The number of benzene rings is 2. The van der Waals surface area contributed by atoms with Crippen LogP contribution in [0, 0.1) is 5.82 Å². The number of ether oxygens (including phenoxy) is 1. The number of hydrogen-bond acceptors (Lipinski definition) is 2. The van der Waals surface area contributed by atoms with Crippen molar-refractivity contribution in [3.05, 3.63) is 56.8 Å². The molecule has 106 valence electrons. The molecule has 2 aromatic rings. The standard InChI is InChI=1S/C14H11Cl3FNO/c1-20-13-3-2-8(4-10(13)15)7-19-14-11(16)5-9(18)6-12(14)17/h2-6,19H,7H2,1H3. The Kier molecular flexibility index (Phi) is 4.97. The fourth-order valence-corrected chi connectivity index (χ4v) is 2.60. The van der Waals surface area contributed by atoms with E-state index in [1.54, 1.807) is 19.2 Å². The van der Waals surface area contributed by atoms with Crippen LogP contribution in [-0.2, 0) is 6.54 Å². The summed E-state index contributed by atoms with van der Waals surface area (Å²) in [7, 11) is 1.55. The van der Waals surface area contributed by atoms with Crippen molar-refractivity contribution in [1.82, 2.24) is 0 Å². The van der Waals surface area contributed by atoms with Gasteiger partial charge in [0.25, 0.3) is 0 Å². The normalized spacial score (nSPS) is 10.4. The Morgan fingerprint density at radius 1 is 1.05 bits per heavy atom. The van der Waals surface area contributed by atoms with E-state index in [9.17, 15) is 4.39 Å². The Morgan fingerprint density at radius 3 is 2.25 bits per heavy atom. The predicted molar refractivity (Wildman–Crippen MR) is 81.8 cm³/mol. The Labute approximate surface area is 131 Å². The van der Waals surface area contributed by atoms with Crippen LogP contribution in [0.1, 0.15) is 5.56 Å². The molecule has 0 saturated carbocycles. The first-order valence-corrected chi connectivity index (χ1v) is 6.85. The van der Waals surface area contributed by atoms with Gasteiger partial charge in [-0.3, -0.25) is 0 Å². The molecule has 0 aromatic heterocycles. The van der Waals surface area contributed by atoms with Gasteiger partial charge in [0, 0.05) is 6.54 Å². The van der Waals surface area contributed by atoms with E-state index in [4.69, 9.17) is 39.5 Å². The van der Waals surface area contributed by atoms with E-state index in [-0.39, 0.29) is 10.0 Å². The molecule has 0 radical (unpaired) electrons. The smallest absolute Gasteiger partial charge is 0.137 e. The average molecular weight is 335 g/mol. The predicted octanol–water partition coefficient (Wildman–Crippen LogP) is 5.41. The Morgan fingerprint density at radius 2 is 1.70 bits per heavy atom. The first-order chi connectivity index (χ1) is 9.51. The summed E-state index contributed by atoms with van der Waals surface area (Å²) < 4.78 is 18.2. The SMILES string of the molecule is COc1ccc(CNc2c(Cl)cc(F)cc2Cl)cc1Cl. The van der Waals surface area contributed by atoms with Crippen LogP contribution in [0.3, 0.4) is 0 Å². The highest BCUT2D eigenvalue weighted by atomic mass is 35.5. The minimum absolute atomic E-state index is 0.231. The van der Waals surface area contributed by atoms with Gasteiger partial charge in [0.15, 0.2) is 0 Å². The molecule has 0 bridgehead atoms. The fraction of sp³-hybridized carbons (Fsp3) is 0.143. The van der Waals surface area contributed by atoms with E-state index >= 15 is 0 Å². The maximum Gasteiger partial charge on any atom is 0.137 e. The van der Waals surface area contributed by atoms with Gasteiger partial charge in [-0.05, 0) is 29.8 Å². The van der Waals surface area contributed by atoms with Crippen LogP contribution < -0.4 is 10.1 Å². The van der Waals surface area contributed by atoms with E-state index in [1.807, 2.05) is 6.07 Å². The molecule has 1 N–H and O–H groups in total. The van der Waals surface area contributed by atoms with Crippen molar-refractivity contribution >= 4 is 40.5 Å². The number of anilines is 1. The summed E-state index contributed by atoms with van der Waals surface area (Å²) in [6.07, 6.45) is 0. The van der Waals surface area contributed by atoms with Gasteiger partial charge >= 0.3 is 0 Å². The quantitative estimate of drug-likeness (QED) is 0.807. The Bertz CT molecular complexity index is 611. The van der Waals surface area contributed by atoms with Gasteiger partial charge in [-0.2, -0.15) is 0 Å². The van der Waals surface area contributed by atoms with Crippen LogP contribution in [0.25, 0.3) is 0 Å². The average Bonchev–Trinajstić information content (AvgIpc) is 2.37. The van der Waals surface area contributed by atoms with Crippen molar-refractivity contribution in [2.45, 2.75) is 6.54 Å². The first-order valence-electron chi connectivity index (χ1n) is 5.72. The van der Waals surface area contributed by atoms with Crippen LogP contribution in [0.2, 0.25) is 15.1 Å². The van der Waals surface area contributed by atoms with Crippen LogP contribution in [-0.4, -0.2) is 7.11 Å². The lowest BCUT2D eigenvalue weighted by atomic mass is 10.2. The molecule has 6 heteroatoms. The molecule has 20 heavy (non-hydrogen) atoms. The number of nitrogens with one attached hydrogen (secondary N) is 1. The second kappa shape index (κ2) is 6.53. The van der Waals surface area contributed by atoms with Crippen molar-refractivity contribution in [2.24, 2.45) is 0 Å². The van der Waals surface area contributed by atoms with Gasteiger partial charge in [0.1, 0.15) is 11.6 Å². The Hall–Kier alpha value is -1.16. The highest BCUT2D eigenvalue weighted by Crippen LogP contribution is 2.32. The maximum absolute atomic E-state index is 13.1. The molecule has 0 aliphatic rings. The zero-order chi connectivity index (χ0) is 14.7. The second-order valence-corrected chi connectivity index (χ2v) is 5.29. The summed E-state index contributed by atoms with van der Waals surface area (Å²) >= 11 is 17.9. The van der Waals surface area contributed by atoms with E-state index < -0.39 is 5.82 Å². The highest BCUT2D eigenvalue weighted by molar-refractivity contribution is 6.39. The summed E-state index contributed by atoms with van der Waals surface area (Å²) in [4.78, 5) is 0. The summed E-state index contributed by atoms with van der Waals surface area (Å²) in [5.74, 6) is 0.131. The fourth-order valence-electron chi connectivity index (χ4n) is 1.72. The lowest BCUT2D eigenvalue weighted by molar-refractivity contribution is 0.415. The zero-order valence-corrected chi connectivity index (χ0v) is 12.8. The van der Waals surface area contributed by atoms with E-state index in [0.29, 0.717) is 23.0 Å². The van der Waals surface area contributed by atoms with Crippen LogP contribution in [0.5, 0.6) is 5.75 Å². The molecule has 0 unspecified atom stereocenters. The molecule has 2 nitrogen and oxygen atoms in total. The molecule has 0 fully saturated rings. The lowest BCUT2D eigenvalue weighted by Crippen LogP contribution is -2.01. The minimum Gasteiger partial charge on any atom is -0.495 e. The first kappa shape index (κ1) is 15.2.